The fraction of sp³-hybridized carbons (Fsp3) is 0.750. The second-order valence-electron chi connectivity index (χ2n) is 4.79. The van der Waals surface area contributed by atoms with Gasteiger partial charge in [-0.2, -0.15) is 5.10 Å². The van der Waals surface area contributed by atoms with Crippen LogP contribution in [0.1, 0.15) is 38.9 Å². The molecule has 4 heteroatoms. The van der Waals surface area contributed by atoms with Gasteiger partial charge in [-0.1, -0.05) is 13.8 Å². The Morgan fingerprint density at radius 1 is 1.44 bits per heavy atom. The van der Waals surface area contributed by atoms with Gasteiger partial charge in [0.25, 0.3) is 0 Å². The van der Waals surface area contributed by atoms with Crippen LogP contribution in [0.3, 0.4) is 0 Å². The number of hydrogen-bond acceptors (Lipinski definition) is 3. The molecule has 1 aromatic rings. The quantitative estimate of drug-likeness (QED) is 0.771. The molecule has 1 aromatic heterocycles. The number of hydrogen-bond donors (Lipinski definition) is 2. The summed E-state index contributed by atoms with van der Waals surface area (Å²) >= 11 is 0. The van der Waals surface area contributed by atoms with Crippen LogP contribution in [-0.2, 0) is 7.05 Å². The van der Waals surface area contributed by atoms with Crippen molar-refractivity contribution in [3.05, 3.63) is 18.0 Å². The minimum Gasteiger partial charge on any atom is -0.392 e. The lowest BCUT2D eigenvalue weighted by Gasteiger charge is -2.18. The molecule has 1 rings (SSSR count). The maximum atomic E-state index is 9.75. The summed E-state index contributed by atoms with van der Waals surface area (Å²) < 4.78 is 1.85. The van der Waals surface area contributed by atoms with Crippen LogP contribution in [0.5, 0.6) is 0 Å². The molecular weight excluding hydrogens is 202 g/mol. The zero-order valence-electron chi connectivity index (χ0n) is 10.6. The fourth-order valence-electron chi connectivity index (χ4n) is 1.85. The van der Waals surface area contributed by atoms with E-state index >= 15 is 0 Å². The van der Waals surface area contributed by atoms with Crippen LogP contribution in [0.2, 0.25) is 0 Å². The molecular formula is C12H23N3O. The van der Waals surface area contributed by atoms with Gasteiger partial charge in [0.05, 0.1) is 11.8 Å². The normalized spacial score (nSPS) is 15.4. The summed E-state index contributed by atoms with van der Waals surface area (Å²) in [6.07, 6.45) is 2.36. The lowest BCUT2D eigenvalue weighted by atomic mass is 10.1. The van der Waals surface area contributed by atoms with Gasteiger partial charge in [-0.3, -0.25) is 4.68 Å². The van der Waals surface area contributed by atoms with E-state index in [2.05, 4.69) is 31.2 Å². The van der Waals surface area contributed by atoms with Crippen LogP contribution in [0.4, 0.5) is 0 Å². The standard InChI is InChI=1S/C12H23N3O/c1-9(2)7-11(16)8-13-10(3)12-5-6-14-15(12)4/h5-6,9-11,13,16H,7-8H2,1-4H3. The van der Waals surface area contributed by atoms with Crippen LogP contribution in [0.15, 0.2) is 12.3 Å². The molecule has 0 saturated heterocycles. The van der Waals surface area contributed by atoms with Crippen LogP contribution < -0.4 is 5.32 Å². The van der Waals surface area contributed by atoms with E-state index in [4.69, 9.17) is 0 Å². The van der Waals surface area contributed by atoms with Gasteiger partial charge in [0.2, 0.25) is 0 Å². The molecule has 0 aliphatic heterocycles. The van der Waals surface area contributed by atoms with Gasteiger partial charge in [0.15, 0.2) is 0 Å². The Bertz CT molecular complexity index is 309. The van der Waals surface area contributed by atoms with Crippen LogP contribution >= 0.6 is 0 Å². The molecule has 0 aliphatic rings. The van der Waals surface area contributed by atoms with Crippen molar-refractivity contribution in [1.29, 1.82) is 0 Å². The first kappa shape index (κ1) is 13.2. The molecule has 0 aromatic carbocycles. The predicted octanol–water partition coefficient (Wildman–Crippen LogP) is 1.48. The Balaban J connectivity index is 2.35. The average Bonchev–Trinajstić information content (AvgIpc) is 2.60. The Morgan fingerprint density at radius 3 is 2.62 bits per heavy atom. The highest BCUT2D eigenvalue weighted by atomic mass is 16.3. The van der Waals surface area contributed by atoms with Crippen molar-refractivity contribution in [2.75, 3.05) is 6.54 Å². The number of nitrogens with zero attached hydrogens (tertiary/aromatic N) is 2. The van der Waals surface area contributed by atoms with Gasteiger partial charge < -0.3 is 10.4 Å². The van der Waals surface area contributed by atoms with Crippen LogP contribution in [0.25, 0.3) is 0 Å². The van der Waals surface area contributed by atoms with Crippen molar-refractivity contribution in [2.45, 2.75) is 39.3 Å². The highest BCUT2D eigenvalue weighted by Crippen LogP contribution is 2.11. The van der Waals surface area contributed by atoms with Crippen molar-refractivity contribution in [2.24, 2.45) is 13.0 Å². The summed E-state index contributed by atoms with van der Waals surface area (Å²) in [5.41, 5.74) is 1.14. The fourth-order valence-corrected chi connectivity index (χ4v) is 1.85. The molecule has 0 aliphatic carbocycles. The summed E-state index contributed by atoms with van der Waals surface area (Å²) in [6, 6.07) is 2.21. The number of rotatable bonds is 6. The molecule has 0 spiro atoms. The van der Waals surface area contributed by atoms with Gasteiger partial charge >= 0.3 is 0 Å². The van der Waals surface area contributed by atoms with Crippen molar-refractivity contribution < 1.29 is 5.11 Å². The van der Waals surface area contributed by atoms with Crippen molar-refractivity contribution in [3.8, 4) is 0 Å². The Hall–Kier alpha value is -0.870. The topological polar surface area (TPSA) is 50.1 Å². The highest BCUT2D eigenvalue weighted by molar-refractivity contribution is 5.05. The number of aliphatic hydroxyl groups is 1. The van der Waals surface area contributed by atoms with Gasteiger partial charge in [-0.05, 0) is 25.3 Å². The Morgan fingerprint density at radius 2 is 2.12 bits per heavy atom. The van der Waals surface area contributed by atoms with Crippen LogP contribution in [0, 0.1) is 5.92 Å². The predicted molar refractivity (Wildman–Crippen MR) is 65.1 cm³/mol. The summed E-state index contributed by atoms with van der Waals surface area (Å²) in [5, 5.41) is 17.2. The number of aromatic nitrogens is 2. The van der Waals surface area contributed by atoms with Gasteiger partial charge in [0.1, 0.15) is 0 Å². The zero-order chi connectivity index (χ0) is 12.1. The number of aryl methyl sites for hydroxylation is 1. The molecule has 2 unspecified atom stereocenters. The average molecular weight is 225 g/mol. The summed E-state index contributed by atoms with van der Waals surface area (Å²) in [5.74, 6) is 0.531. The van der Waals surface area contributed by atoms with E-state index < -0.39 is 0 Å². The lowest BCUT2D eigenvalue weighted by Crippen LogP contribution is -2.30. The Labute approximate surface area is 97.7 Å². The SMILES string of the molecule is CC(C)CC(O)CNC(C)c1ccnn1C. The van der Waals surface area contributed by atoms with E-state index in [1.54, 1.807) is 6.20 Å². The smallest absolute Gasteiger partial charge is 0.0667 e. The summed E-state index contributed by atoms with van der Waals surface area (Å²) in [7, 11) is 1.93. The summed E-state index contributed by atoms with van der Waals surface area (Å²) in [4.78, 5) is 0. The second kappa shape index (κ2) is 6.01. The van der Waals surface area contributed by atoms with Crippen molar-refractivity contribution in [3.63, 3.8) is 0 Å². The van der Waals surface area contributed by atoms with Gasteiger partial charge in [-0.15, -0.1) is 0 Å². The molecule has 0 radical (unpaired) electrons. The molecule has 16 heavy (non-hydrogen) atoms. The molecule has 2 N–H and O–H groups in total. The number of aliphatic hydroxyl groups excluding tert-OH is 1. The zero-order valence-corrected chi connectivity index (χ0v) is 10.6. The summed E-state index contributed by atoms with van der Waals surface area (Å²) in [6.45, 7) is 6.95. The maximum Gasteiger partial charge on any atom is 0.0667 e. The van der Waals surface area contributed by atoms with Crippen molar-refractivity contribution in [1.82, 2.24) is 15.1 Å². The van der Waals surface area contributed by atoms with Crippen molar-refractivity contribution >= 4 is 0 Å². The molecule has 4 nitrogen and oxygen atoms in total. The van der Waals surface area contributed by atoms with Gasteiger partial charge in [-0.25, -0.2) is 0 Å². The third-order valence-corrected chi connectivity index (χ3v) is 2.71. The third-order valence-electron chi connectivity index (χ3n) is 2.71. The molecule has 0 bridgehead atoms. The third kappa shape index (κ3) is 3.94. The first-order valence-electron chi connectivity index (χ1n) is 5.90. The van der Waals surface area contributed by atoms with E-state index in [1.807, 2.05) is 17.8 Å². The minimum atomic E-state index is -0.268. The largest absolute Gasteiger partial charge is 0.392 e. The van der Waals surface area contributed by atoms with E-state index in [1.165, 1.54) is 0 Å². The van der Waals surface area contributed by atoms with E-state index in [0.717, 1.165) is 12.1 Å². The molecule has 2 atom stereocenters. The van der Waals surface area contributed by atoms with E-state index in [9.17, 15) is 5.11 Å². The van der Waals surface area contributed by atoms with E-state index in [-0.39, 0.29) is 12.1 Å². The van der Waals surface area contributed by atoms with E-state index in [0.29, 0.717) is 12.5 Å². The molecule has 0 fully saturated rings. The second-order valence-corrected chi connectivity index (χ2v) is 4.79. The monoisotopic (exact) mass is 225 g/mol. The van der Waals surface area contributed by atoms with Crippen LogP contribution in [-0.4, -0.2) is 27.5 Å². The van der Waals surface area contributed by atoms with Gasteiger partial charge in [0, 0.05) is 25.8 Å². The first-order valence-corrected chi connectivity index (χ1v) is 5.90. The molecule has 0 saturated carbocycles. The molecule has 92 valence electrons. The Kier molecular flexibility index (Phi) is 4.96. The maximum absolute atomic E-state index is 9.75. The molecule has 1 heterocycles. The minimum absolute atomic E-state index is 0.217. The highest BCUT2D eigenvalue weighted by Gasteiger charge is 2.12. The number of nitrogens with one attached hydrogen (secondary N) is 1. The lowest BCUT2D eigenvalue weighted by molar-refractivity contribution is 0.143. The molecule has 0 amide bonds. The first-order chi connectivity index (χ1) is 7.50.